The van der Waals surface area contributed by atoms with Crippen LogP contribution in [0.3, 0.4) is 0 Å². The number of hydrogen-bond donors (Lipinski definition) is 0. The van der Waals surface area contributed by atoms with E-state index in [4.69, 9.17) is 11.6 Å². The summed E-state index contributed by atoms with van der Waals surface area (Å²) in [5.74, 6) is 0.761. The highest BCUT2D eigenvalue weighted by molar-refractivity contribution is 8.01. The van der Waals surface area contributed by atoms with Crippen molar-refractivity contribution in [3.63, 3.8) is 0 Å². The van der Waals surface area contributed by atoms with Gasteiger partial charge in [-0.2, -0.15) is 0 Å². The van der Waals surface area contributed by atoms with E-state index in [9.17, 15) is 9.59 Å². The lowest BCUT2D eigenvalue weighted by Gasteiger charge is -2.32. The van der Waals surface area contributed by atoms with E-state index >= 15 is 0 Å². The summed E-state index contributed by atoms with van der Waals surface area (Å²) >= 11 is 7.87. The molecule has 0 aliphatic carbocycles. The lowest BCUT2D eigenvalue weighted by atomic mass is 10.1. The Bertz CT molecular complexity index is 624. The first kappa shape index (κ1) is 15.7. The molecule has 1 aromatic carbocycles. The number of likely N-dealkylation sites (N-methyl/N-ethyl adjacent to an activating group) is 1. The number of hydrogen-bond acceptors (Lipinski definition) is 3. The number of rotatable bonds is 3. The summed E-state index contributed by atoms with van der Waals surface area (Å²) in [5.41, 5.74) is 0.918. The smallest absolute Gasteiger partial charge is 0.246 e. The summed E-state index contributed by atoms with van der Waals surface area (Å²) < 4.78 is 0. The van der Waals surface area contributed by atoms with E-state index in [1.807, 2.05) is 24.3 Å². The fraction of sp³-hybridized carbons (Fsp3) is 0.500. The number of carbonyl (C=O) groups is 2. The first-order valence-electron chi connectivity index (χ1n) is 7.37. The lowest BCUT2D eigenvalue weighted by Crippen LogP contribution is -2.50. The molecule has 2 aliphatic rings. The van der Waals surface area contributed by atoms with Gasteiger partial charge >= 0.3 is 0 Å². The standard InChI is InChI=1S/C16H19ClN2O2S/c1-16-8-7-14(20)19(16)13(10-22-16)15(21)18(2)9-11-5-3-4-6-12(11)17/h3-6,13H,7-10H2,1-2H3/t13-,16+/m0/s1. The second kappa shape index (κ2) is 5.78. The minimum atomic E-state index is -0.350. The fourth-order valence-corrected chi connectivity index (χ4v) is 4.84. The van der Waals surface area contributed by atoms with Gasteiger partial charge in [0, 0.05) is 30.8 Å². The van der Waals surface area contributed by atoms with Crippen molar-refractivity contribution in [2.75, 3.05) is 12.8 Å². The van der Waals surface area contributed by atoms with E-state index in [0.29, 0.717) is 23.7 Å². The molecule has 0 radical (unpaired) electrons. The Kier molecular flexibility index (Phi) is 4.12. The number of carbonyl (C=O) groups excluding carboxylic acids is 2. The molecule has 2 amide bonds. The van der Waals surface area contributed by atoms with Crippen molar-refractivity contribution in [3.8, 4) is 0 Å². The number of nitrogens with zero attached hydrogens (tertiary/aromatic N) is 2. The summed E-state index contributed by atoms with van der Waals surface area (Å²) in [6, 6.07) is 7.17. The molecule has 3 rings (SSSR count). The molecule has 0 spiro atoms. The predicted molar refractivity (Wildman–Crippen MR) is 88.7 cm³/mol. The average molecular weight is 339 g/mol. The molecule has 2 fully saturated rings. The van der Waals surface area contributed by atoms with Gasteiger partial charge in [-0.25, -0.2) is 0 Å². The fourth-order valence-electron chi connectivity index (χ4n) is 3.22. The Morgan fingerprint density at radius 2 is 2.23 bits per heavy atom. The Morgan fingerprint density at radius 1 is 1.50 bits per heavy atom. The van der Waals surface area contributed by atoms with Gasteiger partial charge in [0.25, 0.3) is 0 Å². The van der Waals surface area contributed by atoms with Gasteiger partial charge < -0.3 is 9.80 Å². The summed E-state index contributed by atoms with van der Waals surface area (Å²) in [5, 5.41) is 0.657. The van der Waals surface area contributed by atoms with Gasteiger partial charge in [-0.1, -0.05) is 29.8 Å². The number of benzene rings is 1. The van der Waals surface area contributed by atoms with Gasteiger partial charge in [0.1, 0.15) is 6.04 Å². The quantitative estimate of drug-likeness (QED) is 0.851. The minimum absolute atomic E-state index is 0.00797. The monoisotopic (exact) mass is 338 g/mol. The van der Waals surface area contributed by atoms with Crippen LogP contribution in [0.15, 0.2) is 24.3 Å². The number of halogens is 1. The van der Waals surface area contributed by atoms with Crippen LogP contribution < -0.4 is 0 Å². The molecule has 118 valence electrons. The Hall–Kier alpha value is -1.20. The molecular weight excluding hydrogens is 320 g/mol. The van der Waals surface area contributed by atoms with Crippen LogP contribution in [-0.4, -0.2) is 45.3 Å². The van der Waals surface area contributed by atoms with Crippen LogP contribution in [0.2, 0.25) is 5.02 Å². The summed E-state index contributed by atoms with van der Waals surface area (Å²) in [6.07, 6.45) is 1.37. The third-order valence-corrected chi connectivity index (χ3v) is 6.35. The van der Waals surface area contributed by atoms with Gasteiger partial charge in [0.15, 0.2) is 0 Å². The zero-order chi connectivity index (χ0) is 15.9. The normalized spacial score (nSPS) is 27.1. The van der Waals surface area contributed by atoms with Crippen molar-refractivity contribution in [1.82, 2.24) is 9.80 Å². The zero-order valence-electron chi connectivity index (χ0n) is 12.7. The molecule has 2 saturated heterocycles. The first-order chi connectivity index (χ1) is 10.4. The average Bonchev–Trinajstić information content (AvgIpc) is 2.98. The topological polar surface area (TPSA) is 40.6 Å². The molecule has 2 heterocycles. The van der Waals surface area contributed by atoms with E-state index in [1.54, 1.807) is 28.6 Å². The van der Waals surface area contributed by atoms with Crippen LogP contribution >= 0.6 is 23.4 Å². The summed E-state index contributed by atoms with van der Waals surface area (Å²) in [4.78, 5) is 28.2. The molecule has 0 unspecified atom stereocenters. The van der Waals surface area contributed by atoms with Crippen molar-refractivity contribution in [1.29, 1.82) is 0 Å². The maximum absolute atomic E-state index is 12.8. The van der Waals surface area contributed by atoms with Crippen LogP contribution in [0.25, 0.3) is 0 Å². The van der Waals surface area contributed by atoms with Crippen molar-refractivity contribution in [2.24, 2.45) is 0 Å². The molecule has 1 aromatic rings. The number of thioether (sulfide) groups is 1. The minimum Gasteiger partial charge on any atom is -0.340 e. The molecule has 4 nitrogen and oxygen atoms in total. The van der Waals surface area contributed by atoms with E-state index in [-0.39, 0.29) is 22.7 Å². The molecule has 0 bridgehead atoms. The van der Waals surface area contributed by atoms with Gasteiger partial charge in [0.2, 0.25) is 11.8 Å². The van der Waals surface area contributed by atoms with Crippen LogP contribution in [0, 0.1) is 0 Å². The summed E-state index contributed by atoms with van der Waals surface area (Å²) in [7, 11) is 1.77. The SMILES string of the molecule is CN(Cc1ccccc1Cl)C(=O)[C@@H]1CS[C@]2(C)CCC(=O)N12. The van der Waals surface area contributed by atoms with Gasteiger partial charge in [0.05, 0.1) is 4.87 Å². The summed E-state index contributed by atoms with van der Waals surface area (Å²) in [6.45, 7) is 2.52. The molecule has 22 heavy (non-hydrogen) atoms. The van der Waals surface area contributed by atoms with Crippen molar-refractivity contribution in [2.45, 2.75) is 37.2 Å². The van der Waals surface area contributed by atoms with Crippen LogP contribution in [0.5, 0.6) is 0 Å². The largest absolute Gasteiger partial charge is 0.340 e. The molecular formula is C16H19ClN2O2S. The molecule has 0 aromatic heterocycles. The lowest BCUT2D eigenvalue weighted by molar-refractivity contribution is -0.143. The van der Waals surface area contributed by atoms with E-state index in [0.717, 1.165) is 12.0 Å². The van der Waals surface area contributed by atoms with Crippen molar-refractivity contribution in [3.05, 3.63) is 34.9 Å². The van der Waals surface area contributed by atoms with Crippen molar-refractivity contribution >= 4 is 35.2 Å². The zero-order valence-corrected chi connectivity index (χ0v) is 14.3. The van der Waals surface area contributed by atoms with E-state index in [2.05, 4.69) is 6.92 Å². The number of amides is 2. The number of fused-ring (bicyclic) bond motifs is 1. The maximum atomic E-state index is 12.8. The van der Waals surface area contributed by atoms with E-state index < -0.39 is 0 Å². The van der Waals surface area contributed by atoms with Gasteiger partial charge in [-0.15, -0.1) is 11.8 Å². The van der Waals surface area contributed by atoms with Crippen LogP contribution in [-0.2, 0) is 16.1 Å². The van der Waals surface area contributed by atoms with Crippen LogP contribution in [0.4, 0.5) is 0 Å². The molecule has 6 heteroatoms. The Balaban J connectivity index is 1.74. The Labute approximate surface area is 139 Å². The third-order valence-electron chi connectivity index (χ3n) is 4.47. The highest BCUT2D eigenvalue weighted by Crippen LogP contribution is 2.47. The van der Waals surface area contributed by atoms with E-state index in [1.165, 1.54) is 0 Å². The molecule has 0 saturated carbocycles. The van der Waals surface area contributed by atoms with Crippen molar-refractivity contribution < 1.29 is 9.59 Å². The second-order valence-electron chi connectivity index (χ2n) is 6.05. The molecule has 2 atom stereocenters. The Morgan fingerprint density at radius 3 is 2.95 bits per heavy atom. The highest BCUT2D eigenvalue weighted by Gasteiger charge is 2.53. The van der Waals surface area contributed by atoms with Gasteiger partial charge in [-0.3, -0.25) is 9.59 Å². The maximum Gasteiger partial charge on any atom is 0.246 e. The van der Waals surface area contributed by atoms with Crippen LogP contribution in [0.1, 0.15) is 25.3 Å². The first-order valence-corrected chi connectivity index (χ1v) is 8.73. The molecule has 0 N–H and O–H groups in total. The third kappa shape index (κ3) is 2.61. The van der Waals surface area contributed by atoms with Gasteiger partial charge in [-0.05, 0) is 25.0 Å². The second-order valence-corrected chi connectivity index (χ2v) is 7.96. The molecule has 2 aliphatic heterocycles. The predicted octanol–water partition coefficient (Wildman–Crippen LogP) is 2.75. The highest BCUT2D eigenvalue weighted by atomic mass is 35.5.